The molecule has 3 atom stereocenters. The van der Waals surface area contributed by atoms with E-state index in [0.717, 1.165) is 17.9 Å². The average molecular weight is 226 g/mol. The second-order valence-corrected chi connectivity index (χ2v) is 5.69. The zero-order valence-electron chi connectivity index (χ0n) is 12.0. The number of rotatable bonds is 5. The first-order chi connectivity index (χ1) is 7.52. The van der Waals surface area contributed by atoms with E-state index in [1.165, 1.54) is 26.1 Å². The molecular formula is C14H30N2. The minimum absolute atomic E-state index is 0.667. The molecule has 0 aromatic heterocycles. The maximum atomic E-state index is 2.72. The second kappa shape index (κ2) is 6.02. The topological polar surface area (TPSA) is 6.48 Å². The molecule has 0 spiro atoms. The zero-order chi connectivity index (χ0) is 12.3. The van der Waals surface area contributed by atoms with E-state index in [4.69, 9.17) is 0 Å². The summed E-state index contributed by atoms with van der Waals surface area (Å²) in [6, 6.07) is 0.728. The Hall–Kier alpha value is -0.0800. The van der Waals surface area contributed by atoms with Gasteiger partial charge in [-0.15, -0.1) is 0 Å². The van der Waals surface area contributed by atoms with Gasteiger partial charge < -0.3 is 0 Å². The molecule has 1 rings (SSSR count). The fourth-order valence-corrected chi connectivity index (χ4v) is 2.93. The molecule has 2 unspecified atom stereocenters. The van der Waals surface area contributed by atoms with Crippen LogP contribution in [0.15, 0.2) is 0 Å². The van der Waals surface area contributed by atoms with Crippen molar-refractivity contribution < 1.29 is 0 Å². The lowest BCUT2D eigenvalue weighted by atomic mass is 9.93. The molecule has 16 heavy (non-hydrogen) atoms. The van der Waals surface area contributed by atoms with Crippen molar-refractivity contribution >= 4 is 0 Å². The fraction of sp³-hybridized carbons (Fsp3) is 1.00. The standard InChI is InChI=1S/C14H30N2/c1-7-9-16-12(5)10-15(8-2)14(16)13(6)11(3)4/h11-14H,7-10H2,1-6H3/t12-,13?,14?/m0/s1. The summed E-state index contributed by atoms with van der Waals surface area (Å²) in [5.41, 5.74) is 0. The van der Waals surface area contributed by atoms with Crippen molar-refractivity contribution in [2.24, 2.45) is 11.8 Å². The summed E-state index contributed by atoms with van der Waals surface area (Å²) in [4.78, 5) is 5.37. The van der Waals surface area contributed by atoms with Crippen LogP contribution >= 0.6 is 0 Å². The van der Waals surface area contributed by atoms with Crippen LogP contribution in [0.3, 0.4) is 0 Å². The van der Waals surface area contributed by atoms with Crippen molar-refractivity contribution in [2.45, 2.75) is 60.2 Å². The molecule has 1 heterocycles. The van der Waals surface area contributed by atoms with Crippen LogP contribution in [0.2, 0.25) is 0 Å². The minimum atomic E-state index is 0.667. The Kier molecular flexibility index (Phi) is 5.26. The van der Waals surface area contributed by atoms with Crippen molar-refractivity contribution in [3.05, 3.63) is 0 Å². The summed E-state index contributed by atoms with van der Waals surface area (Å²) in [7, 11) is 0. The highest BCUT2D eigenvalue weighted by atomic mass is 15.4. The third kappa shape index (κ3) is 2.78. The van der Waals surface area contributed by atoms with E-state index in [0.29, 0.717) is 6.17 Å². The Morgan fingerprint density at radius 1 is 1.19 bits per heavy atom. The molecule has 0 aliphatic carbocycles. The van der Waals surface area contributed by atoms with Crippen LogP contribution in [-0.4, -0.2) is 41.6 Å². The second-order valence-electron chi connectivity index (χ2n) is 5.69. The van der Waals surface area contributed by atoms with Crippen LogP contribution in [0.25, 0.3) is 0 Å². The van der Waals surface area contributed by atoms with Gasteiger partial charge >= 0.3 is 0 Å². The van der Waals surface area contributed by atoms with Gasteiger partial charge in [0.25, 0.3) is 0 Å². The Balaban J connectivity index is 2.79. The van der Waals surface area contributed by atoms with Crippen molar-refractivity contribution in [1.29, 1.82) is 0 Å². The molecule has 1 saturated heterocycles. The molecule has 0 aromatic carbocycles. The molecule has 0 amide bonds. The summed E-state index contributed by atoms with van der Waals surface area (Å²) in [5, 5.41) is 0. The summed E-state index contributed by atoms with van der Waals surface area (Å²) < 4.78 is 0. The van der Waals surface area contributed by atoms with E-state index in [9.17, 15) is 0 Å². The molecule has 0 saturated carbocycles. The maximum absolute atomic E-state index is 2.72. The first kappa shape index (κ1) is 14.0. The van der Waals surface area contributed by atoms with Crippen molar-refractivity contribution in [2.75, 3.05) is 19.6 Å². The van der Waals surface area contributed by atoms with Gasteiger partial charge in [-0.25, -0.2) is 0 Å². The lowest BCUT2D eigenvalue weighted by Gasteiger charge is -2.37. The van der Waals surface area contributed by atoms with E-state index in [-0.39, 0.29) is 0 Å². The predicted octanol–water partition coefficient (Wildman–Crippen LogP) is 3.04. The van der Waals surface area contributed by atoms with Crippen LogP contribution in [0, 0.1) is 11.8 Å². The minimum Gasteiger partial charge on any atom is -0.286 e. The molecule has 0 radical (unpaired) electrons. The molecule has 0 aromatic rings. The van der Waals surface area contributed by atoms with Crippen molar-refractivity contribution in [3.63, 3.8) is 0 Å². The van der Waals surface area contributed by atoms with Crippen LogP contribution in [0.4, 0.5) is 0 Å². The molecule has 96 valence electrons. The molecule has 1 aliphatic rings. The first-order valence-corrected chi connectivity index (χ1v) is 7.02. The number of nitrogens with zero attached hydrogens (tertiary/aromatic N) is 2. The molecule has 1 aliphatic heterocycles. The van der Waals surface area contributed by atoms with E-state index in [1.807, 2.05) is 0 Å². The van der Waals surface area contributed by atoms with Gasteiger partial charge in [0.2, 0.25) is 0 Å². The van der Waals surface area contributed by atoms with Crippen molar-refractivity contribution in [1.82, 2.24) is 9.80 Å². The van der Waals surface area contributed by atoms with Gasteiger partial charge in [0, 0.05) is 12.6 Å². The molecule has 2 heteroatoms. The summed E-state index contributed by atoms with van der Waals surface area (Å²) in [6.45, 7) is 17.8. The SMILES string of the molecule is CCCN1C(C(C)C(C)C)N(CC)C[C@@H]1C. The van der Waals surface area contributed by atoms with Crippen molar-refractivity contribution in [3.8, 4) is 0 Å². The molecule has 0 N–H and O–H groups in total. The Morgan fingerprint density at radius 2 is 1.81 bits per heavy atom. The summed E-state index contributed by atoms with van der Waals surface area (Å²) >= 11 is 0. The Labute approximate surface area is 102 Å². The normalized spacial score (nSPS) is 30.2. The summed E-state index contributed by atoms with van der Waals surface area (Å²) in [6.07, 6.45) is 1.93. The van der Waals surface area contributed by atoms with E-state index in [1.54, 1.807) is 0 Å². The maximum Gasteiger partial charge on any atom is 0.0654 e. The van der Waals surface area contributed by atoms with Gasteiger partial charge in [0.05, 0.1) is 6.17 Å². The van der Waals surface area contributed by atoms with Gasteiger partial charge in [0.15, 0.2) is 0 Å². The number of hydrogen-bond acceptors (Lipinski definition) is 2. The molecule has 0 bridgehead atoms. The molecular weight excluding hydrogens is 196 g/mol. The third-order valence-corrected chi connectivity index (χ3v) is 4.19. The predicted molar refractivity (Wildman–Crippen MR) is 71.5 cm³/mol. The lowest BCUT2D eigenvalue weighted by Crippen LogP contribution is -2.46. The smallest absolute Gasteiger partial charge is 0.0654 e. The molecule has 1 fully saturated rings. The Bertz CT molecular complexity index is 201. The van der Waals surface area contributed by atoms with E-state index in [2.05, 4.69) is 51.3 Å². The van der Waals surface area contributed by atoms with Crippen LogP contribution < -0.4 is 0 Å². The molecule has 2 nitrogen and oxygen atoms in total. The van der Waals surface area contributed by atoms with Gasteiger partial charge in [-0.3, -0.25) is 9.80 Å². The fourth-order valence-electron chi connectivity index (χ4n) is 2.93. The van der Waals surface area contributed by atoms with Gasteiger partial charge in [-0.1, -0.05) is 34.6 Å². The highest BCUT2D eigenvalue weighted by molar-refractivity contribution is 4.90. The zero-order valence-corrected chi connectivity index (χ0v) is 12.0. The number of hydrogen-bond donors (Lipinski definition) is 0. The van der Waals surface area contributed by atoms with Gasteiger partial charge in [-0.2, -0.15) is 0 Å². The van der Waals surface area contributed by atoms with Crippen LogP contribution in [0.1, 0.15) is 48.0 Å². The first-order valence-electron chi connectivity index (χ1n) is 7.02. The highest BCUT2D eigenvalue weighted by Crippen LogP contribution is 2.29. The van der Waals surface area contributed by atoms with Gasteiger partial charge in [-0.05, 0) is 38.3 Å². The number of likely N-dealkylation sites (N-methyl/N-ethyl adjacent to an activating group) is 1. The van der Waals surface area contributed by atoms with E-state index < -0.39 is 0 Å². The quantitative estimate of drug-likeness (QED) is 0.711. The lowest BCUT2D eigenvalue weighted by molar-refractivity contribution is 0.0586. The largest absolute Gasteiger partial charge is 0.286 e. The Morgan fingerprint density at radius 3 is 2.25 bits per heavy atom. The third-order valence-electron chi connectivity index (χ3n) is 4.19. The average Bonchev–Trinajstić information content (AvgIpc) is 2.55. The van der Waals surface area contributed by atoms with E-state index >= 15 is 0 Å². The monoisotopic (exact) mass is 226 g/mol. The summed E-state index contributed by atoms with van der Waals surface area (Å²) in [5.74, 6) is 1.53. The van der Waals surface area contributed by atoms with Crippen LogP contribution in [-0.2, 0) is 0 Å². The highest BCUT2D eigenvalue weighted by Gasteiger charge is 2.39. The van der Waals surface area contributed by atoms with Crippen LogP contribution in [0.5, 0.6) is 0 Å². The van der Waals surface area contributed by atoms with Gasteiger partial charge in [0.1, 0.15) is 0 Å².